The number of aromatic nitrogens is 4. The van der Waals surface area contributed by atoms with Crippen LogP contribution in [0, 0.1) is 0 Å². The Balaban J connectivity index is 2.54. The van der Waals surface area contributed by atoms with Crippen molar-refractivity contribution in [1.82, 2.24) is 24.4 Å². The van der Waals surface area contributed by atoms with Gasteiger partial charge in [0.15, 0.2) is 11.2 Å². The summed E-state index contributed by atoms with van der Waals surface area (Å²) in [6, 6.07) is 0. The maximum absolute atomic E-state index is 11.6. The first kappa shape index (κ1) is 13.1. The molecule has 8 nitrogen and oxygen atoms in total. The SMILES string of the molecule is CN(C)C(=O)Oc1nc(N(C)C)nc2c1ncn2C. The average molecular weight is 264 g/mol. The van der Waals surface area contributed by atoms with Crippen LogP contribution in [-0.2, 0) is 7.05 Å². The molecule has 0 aromatic carbocycles. The second-order valence-corrected chi connectivity index (χ2v) is 4.51. The summed E-state index contributed by atoms with van der Waals surface area (Å²) >= 11 is 0. The van der Waals surface area contributed by atoms with Crippen molar-refractivity contribution in [1.29, 1.82) is 0 Å². The van der Waals surface area contributed by atoms with Crippen molar-refractivity contribution in [3.63, 3.8) is 0 Å². The van der Waals surface area contributed by atoms with Crippen LogP contribution in [-0.4, -0.2) is 58.7 Å². The van der Waals surface area contributed by atoms with Crippen LogP contribution in [0.25, 0.3) is 11.2 Å². The van der Waals surface area contributed by atoms with E-state index >= 15 is 0 Å². The number of nitrogens with zero attached hydrogens (tertiary/aromatic N) is 6. The summed E-state index contributed by atoms with van der Waals surface area (Å²) in [5.41, 5.74) is 1.07. The van der Waals surface area contributed by atoms with Crippen molar-refractivity contribution >= 4 is 23.2 Å². The number of fused-ring (bicyclic) bond motifs is 1. The summed E-state index contributed by atoms with van der Waals surface area (Å²) in [7, 11) is 8.65. The van der Waals surface area contributed by atoms with Crippen LogP contribution >= 0.6 is 0 Å². The number of aryl methyl sites for hydroxylation is 1. The van der Waals surface area contributed by atoms with Gasteiger partial charge in [0, 0.05) is 35.2 Å². The molecule has 8 heteroatoms. The number of imidazole rings is 1. The van der Waals surface area contributed by atoms with Crippen LogP contribution in [0.1, 0.15) is 0 Å². The number of hydrogen-bond acceptors (Lipinski definition) is 6. The minimum absolute atomic E-state index is 0.160. The Morgan fingerprint density at radius 1 is 1.26 bits per heavy atom. The molecule has 0 bridgehead atoms. The third-order valence-electron chi connectivity index (χ3n) is 2.47. The molecule has 0 spiro atoms. The maximum atomic E-state index is 11.6. The van der Waals surface area contributed by atoms with Gasteiger partial charge in [-0.1, -0.05) is 0 Å². The molecule has 1 amide bonds. The zero-order valence-electron chi connectivity index (χ0n) is 11.6. The molecule has 0 fully saturated rings. The van der Waals surface area contributed by atoms with Gasteiger partial charge in [0.2, 0.25) is 5.95 Å². The fraction of sp³-hybridized carbons (Fsp3) is 0.455. The number of amides is 1. The molecular weight excluding hydrogens is 248 g/mol. The molecule has 2 heterocycles. The van der Waals surface area contributed by atoms with Gasteiger partial charge in [0.1, 0.15) is 0 Å². The summed E-state index contributed by atoms with van der Waals surface area (Å²) in [5, 5.41) is 0. The molecular formula is C11H16N6O2. The zero-order chi connectivity index (χ0) is 14.2. The molecule has 0 unspecified atom stereocenters. The van der Waals surface area contributed by atoms with Gasteiger partial charge in [-0.2, -0.15) is 9.97 Å². The predicted octanol–water partition coefficient (Wildman–Crippen LogP) is 0.490. The summed E-state index contributed by atoms with van der Waals surface area (Å²) in [5.74, 6) is 0.616. The van der Waals surface area contributed by atoms with Crippen molar-refractivity contribution in [3.8, 4) is 5.88 Å². The van der Waals surface area contributed by atoms with Gasteiger partial charge in [-0.05, 0) is 0 Å². The van der Waals surface area contributed by atoms with Gasteiger partial charge < -0.3 is 19.1 Å². The third kappa shape index (κ3) is 2.42. The van der Waals surface area contributed by atoms with Crippen molar-refractivity contribution in [2.24, 2.45) is 7.05 Å². The van der Waals surface area contributed by atoms with Crippen molar-refractivity contribution < 1.29 is 9.53 Å². The Morgan fingerprint density at radius 3 is 2.53 bits per heavy atom. The van der Waals surface area contributed by atoms with E-state index in [1.165, 1.54) is 4.90 Å². The quantitative estimate of drug-likeness (QED) is 0.785. The number of carbonyl (C=O) groups is 1. The van der Waals surface area contributed by atoms with E-state index in [9.17, 15) is 4.79 Å². The highest BCUT2D eigenvalue weighted by atomic mass is 16.6. The molecule has 0 saturated heterocycles. The molecule has 0 saturated carbocycles. The zero-order valence-corrected chi connectivity index (χ0v) is 11.6. The van der Waals surface area contributed by atoms with Crippen molar-refractivity contribution in [3.05, 3.63) is 6.33 Å². The lowest BCUT2D eigenvalue weighted by Crippen LogP contribution is -2.26. The van der Waals surface area contributed by atoms with Crippen LogP contribution in [0.4, 0.5) is 10.7 Å². The first-order valence-electron chi connectivity index (χ1n) is 5.65. The first-order chi connectivity index (χ1) is 8.90. The third-order valence-corrected chi connectivity index (χ3v) is 2.47. The lowest BCUT2D eigenvalue weighted by atomic mass is 10.5. The van der Waals surface area contributed by atoms with E-state index in [1.54, 1.807) is 29.9 Å². The first-order valence-corrected chi connectivity index (χ1v) is 5.65. The highest BCUT2D eigenvalue weighted by Crippen LogP contribution is 2.23. The molecule has 19 heavy (non-hydrogen) atoms. The molecule has 0 atom stereocenters. The van der Waals surface area contributed by atoms with Gasteiger partial charge in [0.05, 0.1) is 6.33 Å². The summed E-state index contributed by atoms with van der Waals surface area (Å²) in [4.78, 5) is 27.4. The van der Waals surface area contributed by atoms with E-state index in [0.717, 1.165) is 0 Å². The van der Waals surface area contributed by atoms with Gasteiger partial charge >= 0.3 is 6.09 Å². The van der Waals surface area contributed by atoms with E-state index in [1.807, 2.05) is 21.1 Å². The molecule has 0 N–H and O–H groups in total. The lowest BCUT2D eigenvalue weighted by Gasteiger charge is -2.13. The summed E-state index contributed by atoms with van der Waals surface area (Å²) in [6.07, 6.45) is 1.10. The Hall–Kier alpha value is -2.38. The van der Waals surface area contributed by atoms with E-state index in [4.69, 9.17) is 4.74 Å². The number of anilines is 1. The minimum Gasteiger partial charge on any atom is -0.388 e. The number of ether oxygens (including phenoxy) is 1. The molecule has 0 radical (unpaired) electrons. The highest BCUT2D eigenvalue weighted by Gasteiger charge is 2.17. The highest BCUT2D eigenvalue weighted by molar-refractivity contribution is 5.81. The summed E-state index contributed by atoms with van der Waals surface area (Å²) in [6.45, 7) is 0. The maximum Gasteiger partial charge on any atom is 0.416 e. The van der Waals surface area contributed by atoms with Gasteiger partial charge in [0.25, 0.3) is 5.88 Å². The van der Waals surface area contributed by atoms with E-state index in [-0.39, 0.29) is 5.88 Å². The van der Waals surface area contributed by atoms with Crippen LogP contribution in [0.3, 0.4) is 0 Å². The molecule has 2 aromatic heterocycles. The van der Waals surface area contributed by atoms with Crippen LogP contribution < -0.4 is 9.64 Å². The summed E-state index contributed by atoms with van der Waals surface area (Å²) < 4.78 is 6.97. The van der Waals surface area contributed by atoms with E-state index < -0.39 is 6.09 Å². The van der Waals surface area contributed by atoms with Crippen LogP contribution in [0.5, 0.6) is 5.88 Å². The second-order valence-electron chi connectivity index (χ2n) is 4.51. The second kappa shape index (κ2) is 4.71. The van der Waals surface area contributed by atoms with E-state index in [2.05, 4.69) is 15.0 Å². The number of hydrogen-bond donors (Lipinski definition) is 0. The monoisotopic (exact) mass is 264 g/mol. The Labute approximate surface area is 110 Å². The molecule has 102 valence electrons. The van der Waals surface area contributed by atoms with Crippen LogP contribution in [0.2, 0.25) is 0 Å². The lowest BCUT2D eigenvalue weighted by molar-refractivity contribution is 0.170. The molecule has 0 aliphatic carbocycles. The Bertz CT molecular complexity index is 619. The van der Waals surface area contributed by atoms with Crippen LogP contribution in [0.15, 0.2) is 6.33 Å². The van der Waals surface area contributed by atoms with Crippen molar-refractivity contribution in [2.45, 2.75) is 0 Å². The fourth-order valence-electron chi connectivity index (χ4n) is 1.42. The standard InChI is InChI=1S/C11H16N6O2/c1-15(2)10-13-8-7(12-6-17(8)5)9(14-10)19-11(18)16(3)4/h6H,1-5H3. The topological polar surface area (TPSA) is 76.4 Å². The Morgan fingerprint density at radius 2 is 1.95 bits per heavy atom. The normalized spacial score (nSPS) is 10.6. The fourth-order valence-corrected chi connectivity index (χ4v) is 1.42. The molecule has 0 aliphatic heterocycles. The van der Waals surface area contributed by atoms with E-state index in [0.29, 0.717) is 17.1 Å². The number of rotatable bonds is 2. The van der Waals surface area contributed by atoms with Gasteiger partial charge in [-0.25, -0.2) is 9.78 Å². The number of carbonyl (C=O) groups excluding carboxylic acids is 1. The van der Waals surface area contributed by atoms with Gasteiger partial charge in [-0.3, -0.25) is 0 Å². The smallest absolute Gasteiger partial charge is 0.388 e. The predicted molar refractivity (Wildman–Crippen MR) is 70.3 cm³/mol. The minimum atomic E-state index is -0.504. The molecule has 2 rings (SSSR count). The average Bonchev–Trinajstić information content (AvgIpc) is 2.71. The van der Waals surface area contributed by atoms with Gasteiger partial charge in [-0.15, -0.1) is 0 Å². The largest absolute Gasteiger partial charge is 0.416 e. The Kier molecular flexibility index (Phi) is 3.24. The molecule has 2 aromatic rings. The van der Waals surface area contributed by atoms with Crippen molar-refractivity contribution in [2.75, 3.05) is 33.1 Å². The molecule has 0 aliphatic rings.